The normalized spacial score (nSPS) is 23.1. The van der Waals surface area contributed by atoms with Gasteiger partial charge >= 0.3 is 0 Å². The Labute approximate surface area is 125 Å². The van der Waals surface area contributed by atoms with Crippen LogP contribution in [0.3, 0.4) is 0 Å². The summed E-state index contributed by atoms with van der Waals surface area (Å²) in [7, 11) is 0. The van der Waals surface area contributed by atoms with Crippen LogP contribution >= 0.6 is 0 Å². The summed E-state index contributed by atoms with van der Waals surface area (Å²) in [5.41, 5.74) is 1.11. The molecule has 4 nitrogen and oxygen atoms in total. The predicted octanol–water partition coefficient (Wildman–Crippen LogP) is 2.22. The smallest absolute Gasteiger partial charge is 0.224 e. The summed E-state index contributed by atoms with van der Waals surface area (Å²) >= 11 is 0. The molecule has 1 saturated carbocycles. The third-order valence-electron chi connectivity index (χ3n) is 4.45. The van der Waals surface area contributed by atoms with Crippen molar-refractivity contribution in [3.8, 4) is 0 Å². The molecule has 21 heavy (non-hydrogen) atoms. The van der Waals surface area contributed by atoms with Gasteiger partial charge in [-0.05, 0) is 24.3 Å². The van der Waals surface area contributed by atoms with Crippen molar-refractivity contribution in [3.05, 3.63) is 35.9 Å². The molecule has 1 aliphatic heterocycles. The molecule has 1 heterocycles. The van der Waals surface area contributed by atoms with E-state index in [1.165, 1.54) is 12.8 Å². The van der Waals surface area contributed by atoms with Crippen molar-refractivity contribution in [3.63, 3.8) is 0 Å². The van der Waals surface area contributed by atoms with Gasteiger partial charge in [0, 0.05) is 33.0 Å². The Bertz CT molecular complexity index is 525. The van der Waals surface area contributed by atoms with Crippen LogP contribution < -0.4 is 0 Å². The topological polar surface area (TPSA) is 40.6 Å². The van der Waals surface area contributed by atoms with Gasteiger partial charge in [-0.25, -0.2) is 0 Å². The highest BCUT2D eigenvalue weighted by Crippen LogP contribution is 2.32. The quantitative estimate of drug-likeness (QED) is 0.855. The van der Waals surface area contributed by atoms with Gasteiger partial charge in [0.1, 0.15) is 0 Å². The van der Waals surface area contributed by atoms with Crippen molar-refractivity contribution in [2.24, 2.45) is 5.92 Å². The Morgan fingerprint density at radius 1 is 1.24 bits per heavy atom. The molecule has 0 unspecified atom stereocenters. The van der Waals surface area contributed by atoms with Crippen LogP contribution in [0.4, 0.5) is 0 Å². The van der Waals surface area contributed by atoms with Crippen molar-refractivity contribution >= 4 is 11.8 Å². The van der Waals surface area contributed by atoms with E-state index in [0.29, 0.717) is 25.4 Å². The molecule has 1 aromatic rings. The van der Waals surface area contributed by atoms with Crippen molar-refractivity contribution in [1.82, 2.24) is 9.80 Å². The maximum Gasteiger partial charge on any atom is 0.224 e. The number of hydrogen-bond acceptors (Lipinski definition) is 2. The highest BCUT2D eigenvalue weighted by Gasteiger charge is 2.34. The molecule has 1 atom stereocenters. The molecule has 0 radical (unpaired) electrons. The SMILES string of the molecule is CC(=O)N1CCC(=O)N(CC2CC2)C[C@@H]1c1ccccc1. The van der Waals surface area contributed by atoms with E-state index in [-0.39, 0.29) is 17.9 Å². The van der Waals surface area contributed by atoms with Crippen LogP contribution in [0.1, 0.15) is 37.8 Å². The monoisotopic (exact) mass is 286 g/mol. The largest absolute Gasteiger partial charge is 0.340 e. The molecule has 1 aromatic carbocycles. The summed E-state index contributed by atoms with van der Waals surface area (Å²) in [6.45, 7) is 3.60. The number of benzene rings is 1. The molecule has 0 bridgehead atoms. The lowest BCUT2D eigenvalue weighted by Gasteiger charge is -2.31. The van der Waals surface area contributed by atoms with Gasteiger partial charge in [0.2, 0.25) is 11.8 Å². The number of rotatable bonds is 3. The Morgan fingerprint density at radius 3 is 2.57 bits per heavy atom. The lowest BCUT2D eigenvalue weighted by Crippen LogP contribution is -2.38. The predicted molar refractivity (Wildman–Crippen MR) is 80.5 cm³/mol. The summed E-state index contributed by atoms with van der Waals surface area (Å²) in [4.78, 5) is 28.1. The molecular formula is C17H22N2O2. The zero-order valence-corrected chi connectivity index (χ0v) is 12.5. The van der Waals surface area contributed by atoms with Gasteiger partial charge in [-0.1, -0.05) is 30.3 Å². The van der Waals surface area contributed by atoms with Crippen molar-refractivity contribution in [1.29, 1.82) is 0 Å². The van der Waals surface area contributed by atoms with E-state index >= 15 is 0 Å². The van der Waals surface area contributed by atoms with Gasteiger partial charge in [0.05, 0.1) is 6.04 Å². The number of hydrogen-bond donors (Lipinski definition) is 0. The van der Waals surface area contributed by atoms with Gasteiger partial charge in [-0.3, -0.25) is 9.59 Å². The fourth-order valence-electron chi connectivity index (χ4n) is 3.07. The van der Waals surface area contributed by atoms with Crippen LogP contribution in [0.5, 0.6) is 0 Å². The van der Waals surface area contributed by atoms with Gasteiger partial charge < -0.3 is 9.80 Å². The van der Waals surface area contributed by atoms with Crippen LogP contribution in [0, 0.1) is 5.92 Å². The standard InChI is InChI=1S/C17H22N2O2/c1-13(20)19-10-9-17(21)18(11-14-7-8-14)12-16(19)15-5-3-2-4-6-15/h2-6,14,16H,7-12H2,1H3/t16-/m1/s1. The van der Waals surface area contributed by atoms with Crippen LogP contribution in [-0.2, 0) is 9.59 Å². The molecule has 2 amide bonds. The van der Waals surface area contributed by atoms with Crippen LogP contribution in [0.2, 0.25) is 0 Å². The Kier molecular flexibility index (Phi) is 3.95. The van der Waals surface area contributed by atoms with Crippen LogP contribution in [0.25, 0.3) is 0 Å². The number of carbonyl (C=O) groups is 2. The summed E-state index contributed by atoms with van der Waals surface area (Å²) in [6, 6.07) is 10.0. The molecule has 1 aliphatic carbocycles. The van der Waals surface area contributed by atoms with E-state index in [0.717, 1.165) is 12.1 Å². The molecule has 3 rings (SSSR count). The van der Waals surface area contributed by atoms with E-state index in [9.17, 15) is 9.59 Å². The van der Waals surface area contributed by atoms with Crippen LogP contribution in [-0.4, -0.2) is 41.2 Å². The highest BCUT2D eigenvalue weighted by atomic mass is 16.2. The van der Waals surface area contributed by atoms with E-state index in [1.807, 2.05) is 40.1 Å². The first-order valence-corrected chi connectivity index (χ1v) is 7.75. The zero-order valence-electron chi connectivity index (χ0n) is 12.5. The minimum absolute atomic E-state index is 0.0195. The summed E-state index contributed by atoms with van der Waals surface area (Å²) in [5, 5.41) is 0. The lowest BCUT2D eigenvalue weighted by atomic mass is 10.0. The van der Waals surface area contributed by atoms with Gasteiger partial charge in [-0.2, -0.15) is 0 Å². The minimum Gasteiger partial charge on any atom is -0.340 e. The van der Waals surface area contributed by atoms with E-state index in [2.05, 4.69) is 0 Å². The van der Waals surface area contributed by atoms with Crippen LogP contribution in [0.15, 0.2) is 30.3 Å². The summed E-state index contributed by atoms with van der Waals surface area (Å²) < 4.78 is 0. The Hall–Kier alpha value is -1.84. The second kappa shape index (κ2) is 5.88. The molecule has 1 saturated heterocycles. The number of amides is 2. The first kappa shape index (κ1) is 14.1. The maximum atomic E-state index is 12.3. The van der Waals surface area contributed by atoms with E-state index in [1.54, 1.807) is 6.92 Å². The first-order valence-electron chi connectivity index (χ1n) is 7.75. The molecular weight excluding hydrogens is 264 g/mol. The van der Waals surface area contributed by atoms with Gasteiger partial charge in [0.25, 0.3) is 0 Å². The summed E-state index contributed by atoms with van der Waals surface area (Å²) in [5.74, 6) is 0.908. The number of nitrogens with zero attached hydrogens (tertiary/aromatic N) is 2. The van der Waals surface area contributed by atoms with E-state index in [4.69, 9.17) is 0 Å². The molecule has 2 aliphatic rings. The first-order chi connectivity index (χ1) is 10.1. The second-order valence-corrected chi connectivity index (χ2v) is 6.13. The van der Waals surface area contributed by atoms with E-state index < -0.39 is 0 Å². The zero-order chi connectivity index (χ0) is 14.8. The van der Waals surface area contributed by atoms with Gasteiger partial charge in [-0.15, -0.1) is 0 Å². The molecule has 0 spiro atoms. The maximum absolute atomic E-state index is 12.3. The Balaban J connectivity index is 1.86. The highest BCUT2D eigenvalue weighted by molar-refractivity contribution is 5.79. The average molecular weight is 286 g/mol. The molecule has 112 valence electrons. The third kappa shape index (κ3) is 3.26. The molecule has 4 heteroatoms. The second-order valence-electron chi connectivity index (χ2n) is 6.13. The average Bonchev–Trinajstić information content (AvgIpc) is 3.30. The van der Waals surface area contributed by atoms with Gasteiger partial charge in [0.15, 0.2) is 0 Å². The minimum atomic E-state index is -0.0195. The third-order valence-corrected chi connectivity index (χ3v) is 4.45. The molecule has 2 fully saturated rings. The van der Waals surface area contributed by atoms with Crippen molar-refractivity contribution < 1.29 is 9.59 Å². The van der Waals surface area contributed by atoms with Crippen molar-refractivity contribution in [2.45, 2.75) is 32.2 Å². The fraction of sp³-hybridized carbons (Fsp3) is 0.529. The lowest BCUT2D eigenvalue weighted by molar-refractivity contribution is -0.131. The molecule has 0 N–H and O–H groups in total. The molecule has 0 aromatic heterocycles. The Morgan fingerprint density at radius 2 is 1.95 bits per heavy atom. The number of carbonyl (C=O) groups excluding carboxylic acids is 2. The fourth-order valence-corrected chi connectivity index (χ4v) is 3.07. The van der Waals surface area contributed by atoms with Crippen molar-refractivity contribution in [2.75, 3.05) is 19.6 Å². The summed E-state index contributed by atoms with van der Waals surface area (Å²) in [6.07, 6.45) is 2.90.